The van der Waals surface area contributed by atoms with Gasteiger partial charge in [0.1, 0.15) is 0 Å². The molecule has 2 rings (SSSR count). The third kappa shape index (κ3) is 2.36. The molecule has 1 saturated heterocycles. The molecule has 1 unspecified atom stereocenters. The van der Waals surface area contributed by atoms with Crippen molar-refractivity contribution in [3.05, 3.63) is 0 Å². The zero-order valence-corrected chi connectivity index (χ0v) is 10.2. The van der Waals surface area contributed by atoms with Gasteiger partial charge in [0.25, 0.3) is 0 Å². The maximum Gasteiger partial charge on any atom is 0.0836 e. The zero-order valence-electron chi connectivity index (χ0n) is 10.2. The van der Waals surface area contributed by atoms with Gasteiger partial charge in [0.05, 0.1) is 5.60 Å². The van der Waals surface area contributed by atoms with E-state index in [0.29, 0.717) is 0 Å². The fraction of sp³-hybridized carbons (Fsp3) is 1.00. The minimum atomic E-state index is 0.0358. The van der Waals surface area contributed by atoms with Crippen molar-refractivity contribution in [1.29, 1.82) is 0 Å². The Bertz CT molecular complexity index is 219. The van der Waals surface area contributed by atoms with Crippen LogP contribution in [-0.4, -0.2) is 18.2 Å². The Hall–Kier alpha value is -0.0800. The van der Waals surface area contributed by atoms with E-state index in [0.717, 1.165) is 24.9 Å². The average molecular weight is 211 g/mol. The number of ether oxygens (including phenoxy) is 1. The third-order valence-corrected chi connectivity index (χ3v) is 4.40. The van der Waals surface area contributed by atoms with Gasteiger partial charge in [0.15, 0.2) is 0 Å². The molecule has 2 nitrogen and oxygen atoms in total. The second-order valence-electron chi connectivity index (χ2n) is 5.84. The van der Waals surface area contributed by atoms with E-state index in [1.165, 1.54) is 32.1 Å². The van der Waals surface area contributed by atoms with E-state index < -0.39 is 0 Å². The number of nitrogens with two attached hydrogens (primary N) is 1. The fourth-order valence-electron chi connectivity index (χ4n) is 3.23. The zero-order chi connectivity index (χ0) is 10.9. The molecule has 0 bridgehead atoms. The molecule has 0 aromatic rings. The van der Waals surface area contributed by atoms with E-state index in [2.05, 4.69) is 13.8 Å². The molecule has 0 aromatic heterocycles. The van der Waals surface area contributed by atoms with Crippen molar-refractivity contribution in [3.8, 4) is 0 Å². The van der Waals surface area contributed by atoms with E-state index in [9.17, 15) is 0 Å². The molecule has 15 heavy (non-hydrogen) atoms. The van der Waals surface area contributed by atoms with E-state index in [1.807, 2.05) is 0 Å². The molecule has 88 valence electrons. The summed E-state index contributed by atoms with van der Waals surface area (Å²) in [5.74, 6) is 1.62. The maximum atomic E-state index is 6.25. The van der Waals surface area contributed by atoms with Gasteiger partial charge in [-0.25, -0.2) is 0 Å². The lowest BCUT2D eigenvalue weighted by Crippen LogP contribution is -2.46. The molecule has 1 spiro atoms. The van der Waals surface area contributed by atoms with Crippen LogP contribution in [0.3, 0.4) is 0 Å². The van der Waals surface area contributed by atoms with Gasteiger partial charge < -0.3 is 10.5 Å². The highest BCUT2D eigenvalue weighted by Gasteiger charge is 2.43. The van der Waals surface area contributed by atoms with Crippen molar-refractivity contribution < 1.29 is 4.74 Å². The van der Waals surface area contributed by atoms with Gasteiger partial charge in [-0.2, -0.15) is 0 Å². The summed E-state index contributed by atoms with van der Waals surface area (Å²) in [7, 11) is 0. The van der Waals surface area contributed by atoms with Gasteiger partial charge in [0.2, 0.25) is 0 Å². The van der Waals surface area contributed by atoms with Gasteiger partial charge in [-0.1, -0.05) is 26.7 Å². The largest absolute Gasteiger partial charge is 0.373 e. The molecule has 4 atom stereocenters. The van der Waals surface area contributed by atoms with E-state index >= 15 is 0 Å². The maximum absolute atomic E-state index is 6.25. The molecular weight excluding hydrogens is 186 g/mol. The predicted molar refractivity (Wildman–Crippen MR) is 62.7 cm³/mol. The van der Waals surface area contributed by atoms with Gasteiger partial charge >= 0.3 is 0 Å². The summed E-state index contributed by atoms with van der Waals surface area (Å²) in [6.07, 6.45) is 7.44. The van der Waals surface area contributed by atoms with Crippen molar-refractivity contribution >= 4 is 0 Å². The first kappa shape index (κ1) is 11.4. The lowest BCUT2D eigenvalue weighted by molar-refractivity contribution is -0.0386. The Morgan fingerprint density at radius 2 is 1.80 bits per heavy atom. The summed E-state index contributed by atoms with van der Waals surface area (Å²) in [6, 6.07) is 0.283. The number of hydrogen-bond acceptors (Lipinski definition) is 2. The lowest BCUT2D eigenvalue weighted by Gasteiger charge is -2.38. The van der Waals surface area contributed by atoms with E-state index in [1.54, 1.807) is 0 Å². The highest BCUT2D eigenvalue weighted by Crippen LogP contribution is 2.40. The average Bonchev–Trinajstić information content (AvgIpc) is 2.53. The van der Waals surface area contributed by atoms with Crippen LogP contribution in [0, 0.1) is 11.8 Å². The second-order valence-corrected chi connectivity index (χ2v) is 5.84. The van der Waals surface area contributed by atoms with Crippen molar-refractivity contribution in [3.63, 3.8) is 0 Å². The Balaban J connectivity index is 2.08. The van der Waals surface area contributed by atoms with Crippen LogP contribution in [0.1, 0.15) is 52.4 Å². The first-order chi connectivity index (χ1) is 7.12. The van der Waals surface area contributed by atoms with Gasteiger partial charge in [0, 0.05) is 12.6 Å². The molecule has 0 radical (unpaired) electrons. The summed E-state index contributed by atoms with van der Waals surface area (Å²) in [6.45, 7) is 5.60. The molecule has 0 amide bonds. The predicted octanol–water partition coefficient (Wildman–Crippen LogP) is 2.71. The minimum Gasteiger partial charge on any atom is -0.373 e. The van der Waals surface area contributed by atoms with Crippen LogP contribution in [0.25, 0.3) is 0 Å². The van der Waals surface area contributed by atoms with Crippen molar-refractivity contribution in [2.24, 2.45) is 17.6 Å². The lowest BCUT2D eigenvalue weighted by atomic mass is 9.75. The SMILES string of the molecule is C[C@@H]1CC[C@H](C)CC2(CC1)OCC[C@H]2N. The summed E-state index contributed by atoms with van der Waals surface area (Å²) < 4.78 is 6.02. The Morgan fingerprint density at radius 1 is 1.07 bits per heavy atom. The Morgan fingerprint density at radius 3 is 2.47 bits per heavy atom. The minimum absolute atomic E-state index is 0.0358. The summed E-state index contributed by atoms with van der Waals surface area (Å²) in [4.78, 5) is 0. The quantitative estimate of drug-likeness (QED) is 0.668. The molecular formula is C13H25NO. The summed E-state index contributed by atoms with van der Waals surface area (Å²) in [5.41, 5.74) is 6.28. The molecule has 2 fully saturated rings. The smallest absolute Gasteiger partial charge is 0.0836 e. The van der Waals surface area contributed by atoms with E-state index in [-0.39, 0.29) is 11.6 Å². The number of hydrogen-bond donors (Lipinski definition) is 1. The second kappa shape index (κ2) is 4.42. The highest BCUT2D eigenvalue weighted by atomic mass is 16.5. The van der Waals surface area contributed by atoms with Gasteiger partial charge in [-0.3, -0.25) is 0 Å². The van der Waals surface area contributed by atoms with Crippen LogP contribution in [0.4, 0.5) is 0 Å². The van der Waals surface area contributed by atoms with Crippen LogP contribution in [-0.2, 0) is 4.74 Å². The molecule has 2 N–H and O–H groups in total. The van der Waals surface area contributed by atoms with Crippen LogP contribution in [0.2, 0.25) is 0 Å². The normalized spacial score (nSPS) is 47.8. The van der Waals surface area contributed by atoms with Crippen LogP contribution >= 0.6 is 0 Å². The summed E-state index contributed by atoms with van der Waals surface area (Å²) >= 11 is 0. The van der Waals surface area contributed by atoms with E-state index in [4.69, 9.17) is 10.5 Å². The molecule has 1 aliphatic carbocycles. The standard InChI is InChI=1S/C13H25NO/c1-10-3-4-11(2)9-13(7-5-10)12(14)6-8-15-13/h10-12H,3-9,14H2,1-2H3/t10-,11+,12-,13?/m1/s1. The highest BCUT2D eigenvalue weighted by molar-refractivity contribution is 4.97. The van der Waals surface area contributed by atoms with Gasteiger partial charge in [-0.15, -0.1) is 0 Å². The van der Waals surface area contributed by atoms with Gasteiger partial charge in [-0.05, 0) is 37.5 Å². The third-order valence-electron chi connectivity index (χ3n) is 4.40. The molecule has 0 aromatic carbocycles. The van der Waals surface area contributed by atoms with Crippen LogP contribution < -0.4 is 5.73 Å². The molecule has 1 aliphatic heterocycles. The molecule has 2 aliphatic rings. The Kier molecular flexibility index (Phi) is 3.36. The topological polar surface area (TPSA) is 35.2 Å². The first-order valence-electron chi connectivity index (χ1n) is 6.52. The summed E-state index contributed by atoms with van der Waals surface area (Å²) in [5, 5.41) is 0. The van der Waals surface area contributed by atoms with Crippen LogP contribution in [0.15, 0.2) is 0 Å². The van der Waals surface area contributed by atoms with Crippen molar-refractivity contribution in [2.75, 3.05) is 6.61 Å². The molecule has 1 heterocycles. The van der Waals surface area contributed by atoms with Crippen molar-refractivity contribution in [2.45, 2.75) is 64.0 Å². The fourth-order valence-corrected chi connectivity index (χ4v) is 3.23. The number of rotatable bonds is 0. The van der Waals surface area contributed by atoms with Crippen LogP contribution in [0.5, 0.6) is 0 Å². The monoisotopic (exact) mass is 211 g/mol. The van der Waals surface area contributed by atoms with Crippen molar-refractivity contribution in [1.82, 2.24) is 0 Å². The first-order valence-corrected chi connectivity index (χ1v) is 6.52. The Labute approximate surface area is 93.6 Å². The molecule has 2 heteroatoms. The molecule has 1 saturated carbocycles.